The molecule has 2 fully saturated rings. The third-order valence-corrected chi connectivity index (χ3v) is 5.16. The van der Waals surface area contributed by atoms with Crippen LogP contribution in [0.2, 0.25) is 0 Å². The van der Waals surface area contributed by atoms with E-state index in [2.05, 4.69) is 15.5 Å². The minimum Gasteiger partial charge on any atom is -0.384 e. The Balaban J connectivity index is 1.52. The van der Waals surface area contributed by atoms with E-state index in [0.717, 1.165) is 30.0 Å². The molecule has 1 amide bonds. The smallest absolute Gasteiger partial charge is 0.220 e. The lowest BCUT2D eigenvalue weighted by atomic mass is 9.67. The molecule has 1 saturated heterocycles. The molecule has 3 rings (SSSR count). The van der Waals surface area contributed by atoms with Gasteiger partial charge in [-0.2, -0.15) is 5.10 Å². The molecule has 0 spiro atoms. The average molecular weight is 307 g/mol. The zero-order chi connectivity index (χ0) is 15.7. The van der Waals surface area contributed by atoms with Gasteiger partial charge in [0.05, 0.1) is 18.4 Å². The fourth-order valence-corrected chi connectivity index (χ4v) is 3.70. The molecule has 0 radical (unpaired) electrons. The Morgan fingerprint density at radius 3 is 3.00 bits per heavy atom. The Morgan fingerprint density at radius 2 is 2.32 bits per heavy atom. The van der Waals surface area contributed by atoms with Crippen molar-refractivity contribution in [1.82, 2.24) is 15.5 Å². The summed E-state index contributed by atoms with van der Waals surface area (Å²) in [5.41, 5.74) is 3.20. The molecule has 2 heterocycles. The Labute approximate surface area is 130 Å². The summed E-state index contributed by atoms with van der Waals surface area (Å²) in [6.07, 6.45) is 2.45. The highest BCUT2D eigenvalue weighted by molar-refractivity contribution is 5.76. The number of aryl methyl sites for hydroxylation is 2. The van der Waals surface area contributed by atoms with E-state index in [9.17, 15) is 4.79 Å². The van der Waals surface area contributed by atoms with Gasteiger partial charge in [-0.05, 0) is 25.8 Å². The first-order valence-corrected chi connectivity index (χ1v) is 8.02. The van der Waals surface area contributed by atoms with Crippen molar-refractivity contribution in [1.29, 1.82) is 0 Å². The highest BCUT2D eigenvalue weighted by Gasteiger charge is 2.54. The summed E-state index contributed by atoms with van der Waals surface area (Å²) < 4.78 is 11.0. The van der Waals surface area contributed by atoms with E-state index in [1.165, 1.54) is 0 Å². The Bertz CT molecular complexity index is 543. The third kappa shape index (κ3) is 2.77. The number of fused-ring (bicyclic) bond motifs is 1. The van der Waals surface area contributed by atoms with Crippen LogP contribution in [-0.2, 0) is 20.7 Å². The predicted molar refractivity (Wildman–Crippen MR) is 81.5 cm³/mol. The molecule has 1 aromatic rings. The summed E-state index contributed by atoms with van der Waals surface area (Å²) in [4.78, 5) is 12.2. The van der Waals surface area contributed by atoms with E-state index in [4.69, 9.17) is 9.47 Å². The van der Waals surface area contributed by atoms with Gasteiger partial charge < -0.3 is 14.8 Å². The van der Waals surface area contributed by atoms with Gasteiger partial charge in [0.2, 0.25) is 5.91 Å². The second kappa shape index (κ2) is 6.38. The van der Waals surface area contributed by atoms with Gasteiger partial charge in [-0.1, -0.05) is 0 Å². The summed E-state index contributed by atoms with van der Waals surface area (Å²) >= 11 is 0. The zero-order valence-electron chi connectivity index (χ0n) is 13.5. The number of H-pyrrole nitrogens is 1. The Hall–Kier alpha value is -1.40. The maximum Gasteiger partial charge on any atom is 0.220 e. The lowest BCUT2D eigenvalue weighted by molar-refractivity contribution is -0.129. The predicted octanol–water partition coefficient (Wildman–Crippen LogP) is 1.13. The monoisotopic (exact) mass is 307 g/mol. The number of nitrogens with zero attached hydrogens (tertiary/aromatic N) is 1. The minimum atomic E-state index is 0.0940. The SMILES string of the molecule is COC[C@@H]1[C@@H](NC(=O)CCc2n[nH]c(C)c2C)[C@@H]2CCO[C@H]12. The summed E-state index contributed by atoms with van der Waals surface area (Å²) in [6, 6.07) is 0.196. The van der Waals surface area contributed by atoms with E-state index in [1.807, 2.05) is 13.8 Å². The van der Waals surface area contributed by atoms with Gasteiger partial charge in [-0.25, -0.2) is 0 Å². The van der Waals surface area contributed by atoms with Crippen LogP contribution in [0.5, 0.6) is 0 Å². The van der Waals surface area contributed by atoms with Crippen molar-refractivity contribution in [3.63, 3.8) is 0 Å². The molecule has 4 atom stereocenters. The fourth-order valence-electron chi connectivity index (χ4n) is 3.70. The van der Waals surface area contributed by atoms with Crippen molar-refractivity contribution in [2.24, 2.45) is 11.8 Å². The number of ether oxygens (including phenoxy) is 2. The number of methoxy groups -OCH3 is 1. The van der Waals surface area contributed by atoms with E-state index in [1.54, 1.807) is 7.11 Å². The van der Waals surface area contributed by atoms with Crippen LogP contribution in [0, 0.1) is 25.7 Å². The van der Waals surface area contributed by atoms with E-state index in [-0.39, 0.29) is 24.0 Å². The van der Waals surface area contributed by atoms with Crippen LogP contribution < -0.4 is 5.32 Å². The molecule has 22 heavy (non-hydrogen) atoms. The number of carbonyl (C=O) groups is 1. The molecule has 2 N–H and O–H groups in total. The van der Waals surface area contributed by atoms with Crippen LogP contribution in [0.4, 0.5) is 0 Å². The number of hydrogen-bond donors (Lipinski definition) is 2. The van der Waals surface area contributed by atoms with Gasteiger partial charge in [0, 0.05) is 50.1 Å². The Kier molecular flexibility index (Phi) is 4.49. The number of hydrogen-bond acceptors (Lipinski definition) is 4. The maximum absolute atomic E-state index is 12.2. The van der Waals surface area contributed by atoms with Crippen molar-refractivity contribution in [3.05, 3.63) is 17.0 Å². The zero-order valence-corrected chi connectivity index (χ0v) is 13.5. The lowest BCUT2D eigenvalue weighted by Gasteiger charge is -2.47. The van der Waals surface area contributed by atoms with Crippen molar-refractivity contribution in [2.45, 2.75) is 45.3 Å². The van der Waals surface area contributed by atoms with Crippen LogP contribution in [0.15, 0.2) is 0 Å². The molecule has 122 valence electrons. The van der Waals surface area contributed by atoms with Gasteiger partial charge in [-0.3, -0.25) is 9.89 Å². The molecule has 6 nitrogen and oxygen atoms in total. The lowest BCUT2D eigenvalue weighted by Crippen LogP contribution is -2.62. The molecule has 0 bridgehead atoms. The summed E-state index contributed by atoms with van der Waals surface area (Å²) in [5, 5.41) is 10.4. The molecular weight excluding hydrogens is 282 g/mol. The second-order valence-electron chi connectivity index (χ2n) is 6.42. The average Bonchev–Trinajstić information content (AvgIpc) is 3.06. The van der Waals surface area contributed by atoms with Crippen LogP contribution in [-0.4, -0.2) is 48.6 Å². The minimum absolute atomic E-state index is 0.0940. The highest BCUT2D eigenvalue weighted by Crippen LogP contribution is 2.43. The quantitative estimate of drug-likeness (QED) is 0.826. The number of nitrogens with one attached hydrogen (secondary N) is 2. The Morgan fingerprint density at radius 1 is 1.50 bits per heavy atom. The first kappa shape index (κ1) is 15.5. The van der Waals surface area contributed by atoms with Crippen molar-refractivity contribution >= 4 is 5.91 Å². The number of carbonyl (C=O) groups excluding carboxylic acids is 1. The van der Waals surface area contributed by atoms with E-state index in [0.29, 0.717) is 25.4 Å². The van der Waals surface area contributed by atoms with E-state index < -0.39 is 0 Å². The summed E-state index contributed by atoms with van der Waals surface area (Å²) in [5.74, 6) is 0.839. The summed E-state index contributed by atoms with van der Waals surface area (Å²) in [6.45, 7) is 5.47. The molecule has 1 saturated carbocycles. The van der Waals surface area contributed by atoms with Crippen LogP contribution >= 0.6 is 0 Å². The largest absolute Gasteiger partial charge is 0.384 e. The van der Waals surface area contributed by atoms with Gasteiger partial charge in [0.25, 0.3) is 0 Å². The van der Waals surface area contributed by atoms with Gasteiger partial charge in [0.1, 0.15) is 0 Å². The topological polar surface area (TPSA) is 76.2 Å². The van der Waals surface area contributed by atoms with Gasteiger partial charge in [0.15, 0.2) is 0 Å². The first-order valence-electron chi connectivity index (χ1n) is 8.02. The van der Waals surface area contributed by atoms with Crippen LogP contribution in [0.3, 0.4) is 0 Å². The molecule has 1 aliphatic heterocycles. The molecule has 0 aromatic carbocycles. The normalized spacial score (nSPS) is 30.0. The van der Waals surface area contributed by atoms with Gasteiger partial charge >= 0.3 is 0 Å². The molecule has 1 aliphatic carbocycles. The van der Waals surface area contributed by atoms with Crippen molar-refractivity contribution < 1.29 is 14.3 Å². The molecule has 0 unspecified atom stereocenters. The number of aromatic nitrogens is 2. The number of aromatic amines is 1. The standard InChI is InChI=1S/C16H25N3O3/c1-9-10(2)18-19-13(9)4-5-14(20)17-15-11-6-7-22-16(11)12(15)8-21-3/h11-12,15-16H,4-8H2,1-3H3,(H,17,20)(H,18,19)/t11-,12+,15-,16-/m0/s1. The second-order valence-corrected chi connectivity index (χ2v) is 6.42. The maximum atomic E-state index is 12.2. The number of rotatable bonds is 6. The first-order chi connectivity index (χ1) is 10.6. The van der Waals surface area contributed by atoms with Crippen LogP contribution in [0.1, 0.15) is 29.8 Å². The molecule has 1 aromatic heterocycles. The highest BCUT2D eigenvalue weighted by atomic mass is 16.5. The molecular formula is C16H25N3O3. The number of amides is 1. The molecule has 6 heteroatoms. The van der Waals surface area contributed by atoms with Crippen molar-refractivity contribution in [2.75, 3.05) is 20.3 Å². The van der Waals surface area contributed by atoms with Gasteiger partial charge in [-0.15, -0.1) is 0 Å². The molecule has 2 aliphatic rings. The third-order valence-electron chi connectivity index (χ3n) is 5.16. The van der Waals surface area contributed by atoms with Crippen LogP contribution in [0.25, 0.3) is 0 Å². The fraction of sp³-hybridized carbons (Fsp3) is 0.750. The van der Waals surface area contributed by atoms with E-state index >= 15 is 0 Å². The van der Waals surface area contributed by atoms with Crippen molar-refractivity contribution in [3.8, 4) is 0 Å². The summed E-state index contributed by atoms with van der Waals surface area (Å²) in [7, 11) is 1.70.